The van der Waals surface area contributed by atoms with Gasteiger partial charge in [-0.15, -0.1) is 0 Å². The molecule has 3 nitrogen and oxygen atoms in total. The van der Waals surface area contributed by atoms with Gasteiger partial charge in [0, 0.05) is 12.2 Å². The van der Waals surface area contributed by atoms with Gasteiger partial charge in [-0.1, -0.05) is 12.7 Å². The Kier molecular flexibility index (Phi) is 4.16. The van der Waals surface area contributed by atoms with E-state index < -0.39 is 5.60 Å². The summed E-state index contributed by atoms with van der Waals surface area (Å²) in [6.07, 6.45) is 6.44. The van der Waals surface area contributed by atoms with Crippen molar-refractivity contribution < 1.29 is 9.53 Å². The summed E-state index contributed by atoms with van der Waals surface area (Å²) in [6.45, 7) is 10.1. The van der Waals surface area contributed by atoms with Gasteiger partial charge in [-0.25, -0.2) is 4.79 Å². The molecular weight excluding hydrogens is 202 g/mol. The van der Waals surface area contributed by atoms with Gasteiger partial charge in [0.25, 0.3) is 0 Å². The molecule has 0 aliphatic carbocycles. The number of hydrogen-bond acceptors (Lipinski definition) is 2. The third-order valence-electron chi connectivity index (χ3n) is 2.34. The first-order chi connectivity index (χ1) is 7.44. The first kappa shape index (κ1) is 12.8. The molecule has 3 heteroatoms. The Bertz CT molecular complexity index is 300. The number of allylic oxidation sites excluding steroid dienone is 3. The highest BCUT2D eigenvalue weighted by Crippen LogP contribution is 2.23. The average molecular weight is 223 g/mol. The van der Waals surface area contributed by atoms with Gasteiger partial charge in [-0.05, 0) is 46.1 Å². The van der Waals surface area contributed by atoms with Gasteiger partial charge in [-0.2, -0.15) is 0 Å². The Morgan fingerprint density at radius 1 is 1.44 bits per heavy atom. The number of carbonyl (C=O) groups is 1. The van der Waals surface area contributed by atoms with Crippen LogP contribution in [0.1, 0.15) is 40.0 Å². The molecule has 0 saturated carbocycles. The summed E-state index contributed by atoms with van der Waals surface area (Å²) >= 11 is 0. The van der Waals surface area contributed by atoms with E-state index in [1.165, 1.54) is 0 Å². The number of hydrogen-bond donors (Lipinski definition) is 0. The maximum atomic E-state index is 11.9. The van der Waals surface area contributed by atoms with E-state index in [1.54, 1.807) is 11.0 Å². The van der Waals surface area contributed by atoms with Crippen molar-refractivity contribution in [2.75, 3.05) is 6.54 Å². The highest BCUT2D eigenvalue weighted by atomic mass is 16.6. The van der Waals surface area contributed by atoms with E-state index in [1.807, 2.05) is 26.8 Å². The standard InChI is InChI=1S/C13H21NO2/c1-5-8-11-9-6-7-10-14(11)12(15)16-13(2,3)4/h5,8H,1,6-7,9-10H2,2-4H3/b11-8+. The summed E-state index contributed by atoms with van der Waals surface area (Å²) in [5.74, 6) is 0. The summed E-state index contributed by atoms with van der Waals surface area (Å²) in [6, 6.07) is 0. The van der Waals surface area contributed by atoms with Gasteiger partial charge in [0.05, 0.1) is 0 Å². The summed E-state index contributed by atoms with van der Waals surface area (Å²) in [7, 11) is 0. The van der Waals surface area contributed by atoms with Crippen LogP contribution < -0.4 is 0 Å². The Morgan fingerprint density at radius 2 is 2.12 bits per heavy atom. The minimum atomic E-state index is -0.437. The molecule has 90 valence electrons. The van der Waals surface area contributed by atoms with Crippen molar-refractivity contribution in [2.45, 2.75) is 45.6 Å². The molecule has 1 aliphatic rings. The lowest BCUT2D eigenvalue weighted by molar-refractivity contribution is 0.0286. The molecule has 0 unspecified atom stereocenters. The lowest BCUT2D eigenvalue weighted by Crippen LogP contribution is -2.38. The molecule has 0 bridgehead atoms. The highest BCUT2D eigenvalue weighted by molar-refractivity contribution is 5.70. The second kappa shape index (κ2) is 5.19. The molecule has 0 aromatic rings. The molecule has 16 heavy (non-hydrogen) atoms. The van der Waals surface area contributed by atoms with E-state index in [9.17, 15) is 4.79 Å². The van der Waals surface area contributed by atoms with Crippen molar-refractivity contribution in [1.29, 1.82) is 0 Å². The van der Waals surface area contributed by atoms with Crippen molar-refractivity contribution in [2.24, 2.45) is 0 Å². The van der Waals surface area contributed by atoms with Gasteiger partial charge < -0.3 is 4.74 Å². The Labute approximate surface area is 97.8 Å². The Hall–Kier alpha value is -1.25. The molecule has 1 fully saturated rings. The SMILES string of the molecule is C=C/C=C1\CCCCN1C(=O)OC(C)(C)C. The third kappa shape index (κ3) is 3.72. The van der Waals surface area contributed by atoms with Crippen LogP contribution in [-0.2, 0) is 4.74 Å². The van der Waals surface area contributed by atoms with E-state index >= 15 is 0 Å². The Balaban J connectivity index is 2.72. The van der Waals surface area contributed by atoms with Gasteiger partial charge in [0.1, 0.15) is 5.60 Å². The zero-order valence-corrected chi connectivity index (χ0v) is 10.5. The van der Waals surface area contributed by atoms with Crippen LogP contribution in [0.4, 0.5) is 4.79 Å². The fourth-order valence-corrected chi connectivity index (χ4v) is 1.69. The molecule has 1 saturated heterocycles. The smallest absolute Gasteiger partial charge is 0.414 e. The lowest BCUT2D eigenvalue weighted by Gasteiger charge is -2.31. The number of piperidine rings is 1. The summed E-state index contributed by atoms with van der Waals surface area (Å²) < 4.78 is 5.37. The van der Waals surface area contributed by atoms with Gasteiger partial charge in [-0.3, -0.25) is 4.90 Å². The number of ether oxygens (including phenoxy) is 1. The number of nitrogens with zero attached hydrogens (tertiary/aromatic N) is 1. The fraction of sp³-hybridized carbons (Fsp3) is 0.615. The van der Waals surface area contributed by atoms with Gasteiger partial charge >= 0.3 is 6.09 Å². The van der Waals surface area contributed by atoms with Crippen molar-refractivity contribution in [3.8, 4) is 0 Å². The molecule has 0 spiro atoms. The van der Waals surface area contributed by atoms with E-state index in [4.69, 9.17) is 4.74 Å². The predicted octanol–water partition coefficient (Wildman–Crippen LogP) is 3.48. The lowest BCUT2D eigenvalue weighted by atomic mass is 10.1. The molecule has 1 aliphatic heterocycles. The predicted molar refractivity (Wildman–Crippen MR) is 65.1 cm³/mol. The van der Waals surface area contributed by atoms with Crippen LogP contribution in [0.5, 0.6) is 0 Å². The minimum Gasteiger partial charge on any atom is -0.443 e. The zero-order chi connectivity index (χ0) is 12.2. The van der Waals surface area contributed by atoms with Crippen LogP contribution >= 0.6 is 0 Å². The molecule has 1 rings (SSSR count). The highest BCUT2D eigenvalue weighted by Gasteiger charge is 2.26. The first-order valence-corrected chi connectivity index (χ1v) is 5.76. The molecule has 0 N–H and O–H groups in total. The summed E-state index contributed by atoms with van der Waals surface area (Å²) in [5, 5.41) is 0. The topological polar surface area (TPSA) is 29.5 Å². The summed E-state index contributed by atoms with van der Waals surface area (Å²) in [4.78, 5) is 13.6. The number of amides is 1. The van der Waals surface area contributed by atoms with Crippen LogP contribution in [-0.4, -0.2) is 23.1 Å². The van der Waals surface area contributed by atoms with Crippen LogP contribution in [0.3, 0.4) is 0 Å². The molecule has 0 radical (unpaired) electrons. The van der Waals surface area contributed by atoms with E-state index in [0.717, 1.165) is 31.5 Å². The number of rotatable bonds is 1. The van der Waals surface area contributed by atoms with E-state index in [2.05, 4.69) is 6.58 Å². The first-order valence-electron chi connectivity index (χ1n) is 5.76. The molecule has 1 amide bonds. The molecule has 0 atom stereocenters. The Morgan fingerprint density at radius 3 is 2.69 bits per heavy atom. The maximum Gasteiger partial charge on any atom is 0.414 e. The van der Waals surface area contributed by atoms with E-state index in [0.29, 0.717) is 0 Å². The maximum absolute atomic E-state index is 11.9. The molecular formula is C13H21NO2. The van der Waals surface area contributed by atoms with Gasteiger partial charge in [0.2, 0.25) is 0 Å². The van der Waals surface area contributed by atoms with Crippen molar-refractivity contribution in [3.05, 3.63) is 24.4 Å². The number of likely N-dealkylation sites (tertiary alicyclic amines) is 1. The fourth-order valence-electron chi connectivity index (χ4n) is 1.69. The van der Waals surface area contributed by atoms with E-state index in [-0.39, 0.29) is 6.09 Å². The van der Waals surface area contributed by atoms with Gasteiger partial charge in [0.15, 0.2) is 0 Å². The van der Waals surface area contributed by atoms with Crippen LogP contribution in [0.25, 0.3) is 0 Å². The van der Waals surface area contributed by atoms with Crippen LogP contribution in [0.2, 0.25) is 0 Å². The second-order valence-corrected chi connectivity index (χ2v) is 4.98. The number of carbonyl (C=O) groups excluding carboxylic acids is 1. The van der Waals surface area contributed by atoms with Crippen molar-refractivity contribution >= 4 is 6.09 Å². The molecule has 0 aromatic heterocycles. The molecule has 1 heterocycles. The van der Waals surface area contributed by atoms with Crippen LogP contribution in [0, 0.1) is 0 Å². The minimum absolute atomic E-state index is 0.250. The third-order valence-corrected chi connectivity index (χ3v) is 2.34. The van der Waals surface area contributed by atoms with Crippen LogP contribution in [0.15, 0.2) is 24.4 Å². The normalized spacial score (nSPS) is 19.7. The monoisotopic (exact) mass is 223 g/mol. The average Bonchev–Trinajstić information content (AvgIpc) is 2.16. The van der Waals surface area contributed by atoms with Crippen molar-refractivity contribution in [3.63, 3.8) is 0 Å². The summed E-state index contributed by atoms with van der Waals surface area (Å²) in [5.41, 5.74) is 0.573. The zero-order valence-electron chi connectivity index (χ0n) is 10.5. The quantitative estimate of drug-likeness (QED) is 0.681. The van der Waals surface area contributed by atoms with Crippen molar-refractivity contribution in [1.82, 2.24) is 4.90 Å². The second-order valence-electron chi connectivity index (χ2n) is 4.98. The largest absolute Gasteiger partial charge is 0.443 e. The molecule has 0 aromatic carbocycles.